The first-order valence-corrected chi connectivity index (χ1v) is 13.2. The Morgan fingerprint density at radius 2 is 1.04 bits per heavy atom. The van der Waals surface area contributed by atoms with Crippen LogP contribution < -0.4 is 0 Å². The Kier molecular flexibility index (Phi) is 13.6. The number of hydrogen-bond donors (Lipinski definition) is 0. The van der Waals surface area contributed by atoms with Crippen molar-refractivity contribution in [2.24, 2.45) is 0 Å². The number of ether oxygens (including phenoxy) is 2. The summed E-state index contributed by atoms with van der Waals surface area (Å²) in [4.78, 5) is 0. The minimum absolute atomic E-state index is 0.431. The molecule has 3 nitrogen and oxygen atoms in total. The standard InChI is InChI=1S/C22H42O3S2/c1-3-5-7-9-11-13-15-21(19-17-23-19)26-25-27-22(20-18-24-20)16-14-12-10-8-6-4-2/h19-22H,3-18H2,1-2H3. The molecule has 0 N–H and O–H groups in total. The summed E-state index contributed by atoms with van der Waals surface area (Å²) in [5, 5.41) is 1.02. The van der Waals surface area contributed by atoms with Crippen molar-refractivity contribution in [3.05, 3.63) is 0 Å². The van der Waals surface area contributed by atoms with Crippen molar-refractivity contribution in [2.75, 3.05) is 13.2 Å². The van der Waals surface area contributed by atoms with Crippen LogP contribution in [0.25, 0.3) is 0 Å². The zero-order chi connectivity index (χ0) is 19.2. The van der Waals surface area contributed by atoms with E-state index in [0.29, 0.717) is 22.7 Å². The summed E-state index contributed by atoms with van der Waals surface area (Å²) in [5.41, 5.74) is 0. The normalized spacial score (nSPS) is 23.3. The van der Waals surface area contributed by atoms with E-state index in [1.54, 1.807) is 24.1 Å². The van der Waals surface area contributed by atoms with Gasteiger partial charge in [-0.05, 0) is 12.8 Å². The second kappa shape index (κ2) is 15.4. The van der Waals surface area contributed by atoms with Crippen LogP contribution in [0.2, 0.25) is 0 Å². The Balaban J connectivity index is 1.52. The summed E-state index contributed by atoms with van der Waals surface area (Å²) in [6.45, 7) is 6.40. The molecule has 27 heavy (non-hydrogen) atoms. The summed E-state index contributed by atoms with van der Waals surface area (Å²) in [6.07, 6.45) is 19.6. The van der Waals surface area contributed by atoms with Gasteiger partial charge in [0.25, 0.3) is 0 Å². The van der Waals surface area contributed by atoms with Crippen molar-refractivity contribution in [3.8, 4) is 0 Å². The van der Waals surface area contributed by atoms with Gasteiger partial charge in [0.2, 0.25) is 0 Å². The smallest absolute Gasteiger partial charge is 0.0950 e. The lowest BCUT2D eigenvalue weighted by molar-refractivity contribution is 0.387. The van der Waals surface area contributed by atoms with Crippen LogP contribution in [0, 0.1) is 0 Å². The van der Waals surface area contributed by atoms with Gasteiger partial charge in [0.05, 0.1) is 35.9 Å². The van der Waals surface area contributed by atoms with Crippen LogP contribution in [0.4, 0.5) is 0 Å². The quantitative estimate of drug-likeness (QED) is 0.117. The van der Waals surface area contributed by atoms with Crippen molar-refractivity contribution in [3.63, 3.8) is 0 Å². The van der Waals surface area contributed by atoms with Gasteiger partial charge in [0, 0.05) is 24.1 Å². The molecule has 2 aliphatic heterocycles. The van der Waals surface area contributed by atoms with Crippen molar-refractivity contribution in [2.45, 2.75) is 126 Å². The largest absolute Gasteiger partial charge is 0.372 e. The van der Waals surface area contributed by atoms with Gasteiger partial charge in [0.15, 0.2) is 0 Å². The van der Waals surface area contributed by atoms with Crippen LogP contribution in [0.15, 0.2) is 0 Å². The summed E-state index contributed by atoms with van der Waals surface area (Å²) < 4.78 is 17.1. The predicted octanol–water partition coefficient (Wildman–Crippen LogP) is 7.34. The first-order chi connectivity index (χ1) is 13.3. The van der Waals surface area contributed by atoms with Crippen LogP contribution >= 0.6 is 24.1 Å². The fourth-order valence-electron chi connectivity index (χ4n) is 3.51. The van der Waals surface area contributed by atoms with E-state index in [4.69, 9.17) is 13.1 Å². The molecule has 0 bridgehead atoms. The Labute approximate surface area is 176 Å². The Morgan fingerprint density at radius 1 is 0.667 bits per heavy atom. The average molecular weight is 419 g/mol. The van der Waals surface area contributed by atoms with Gasteiger partial charge in [0.1, 0.15) is 0 Å². The zero-order valence-electron chi connectivity index (χ0n) is 17.7. The molecule has 0 saturated carbocycles. The Hall–Kier alpha value is 0.580. The van der Waals surface area contributed by atoms with E-state index >= 15 is 0 Å². The lowest BCUT2D eigenvalue weighted by Crippen LogP contribution is -2.14. The predicted molar refractivity (Wildman–Crippen MR) is 119 cm³/mol. The minimum atomic E-state index is 0.431. The molecule has 0 aromatic rings. The van der Waals surface area contributed by atoms with Crippen LogP contribution in [-0.2, 0) is 13.1 Å². The van der Waals surface area contributed by atoms with Crippen LogP contribution in [0.1, 0.15) is 104 Å². The molecule has 0 aromatic carbocycles. The lowest BCUT2D eigenvalue weighted by atomic mass is 10.1. The Bertz CT molecular complexity index is 316. The highest BCUT2D eigenvalue weighted by molar-refractivity contribution is 8.08. The molecule has 2 rings (SSSR count). The lowest BCUT2D eigenvalue weighted by Gasteiger charge is -2.16. The van der Waals surface area contributed by atoms with Gasteiger partial charge in [-0.25, -0.2) is 3.63 Å². The number of hydrogen-bond acceptors (Lipinski definition) is 5. The second-order valence-electron chi connectivity index (χ2n) is 8.19. The SMILES string of the molecule is CCCCCCCCC(SOSC(CCCCCCCC)C1CO1)C1CO1. The van der Waals surface area contributed by atoms with Crippen LogP contribution in [-0.4, -0.2) is 35.9 Å². The fraction of sp³-hybridized carbons (Fsp3) is 1.00. The highest BCUT2D eigenvalue weighted by atomic mass is 32.2. The molecular weight excluding hydrogens is 376 g/mol. The van der Waals surface area contributed by atoms with Gasteiger partial charge < -0.3 is 9.47 Å². The first kappa shape index (κ1) is 23.9. The number of rotatable bonds is 20. The van der Waals surface area contributed by atoms with Crippen molar-refractivity contribution < 1.29 is 13.1 Å². The average Bonchev–Trinajstić information content (AvgIpc) is 3.57. The molecule has 4 unspecified atom stereocenters. The van der Waals surface area contributed by atoms with Crippen molar-refractivity contribution in [1.82, 2.24) is 0 Å². The molecule has 0 aliphatic carbocycles. The highest BCUT2D eigenvalue weighted by Gasteiger charge is 2.36. The zero-order valence-corrected chi connectivity index (χ0v) is 19.3. The van der Waals surface area contributed by atoms with E-state index in [2.05, 4.69) is 13.8 Å². The third-order valence-corrected chi connectivity index (χ3v) is 7.76. The molecule has 5 heteroatoms. The summed E-state index contributed by atoms with van der Waals surface area (Å²) in [5.74, 6) is 0. The molecular formula is C22H42O3S2. The van der Waals surface area contributed by atoms with E-state index in [-0.39, 0.29) is 0 Å². The molecule has 2 fully saturated rings. The molecule has 0 aromatic heterocycles. The minimum Gasteiger partial charge on any atom is -0.372 e. The third kappa shape index (κ3) is 12.0. The number of unbranched alkanes of at least 4 members (excludes halogenated alkanes) is 10. The molecule has 2 aliphatic rings. The molecule has 2 heterocycles. The molecule has 160 valence electrons. The summed E-state index contributed by atoms with van der Waals surface area (Å²) in [6, 6.07) is 0. The van der Waals surface area contributed by atoms with Crippen molar-refractivity contribution >= 4 is 24.1 Å². The highest BCUT2D eigenvalue weighted by Crippen LogP contribution is 2.37. The van der Waals surface area contributed by atoms with E-state index in [9.17, 15) is 0 Å². The number of epoxide rings is 2. The second-order valence-corrected chi connectivity index (χ2v) is 10.3. The maximum absolute atomic E-state index is 6.03. The summed E-state index contributed by atoms with van der Waals surface area (Å²) in [7, 11) is 0. The molecule has 0 spiro atoms. The molecule has 0 amide bonds. The summed E-state index contributed by atoms with van der Waals surface area (Å²) >= 11 is 3.33. The topological polar surface area (TPSA) is 34.3 Å². The fourth-order valence-corrected chi connectivity index (χ4v) is 5.58. The van der Waals surface area contributed by atoms with Crippen LogP contribution in [0.5, 0.6) is 0 Å². The van der Waals surface area contributed by atoms with E-state index in [1.165, 1.54) is 89.9 Å². The maximum atomic E-state index is 6.03. The first-order valence-electron chi connectivity index (χ1n) is 11.6. The van der Waals surface area contributed by atoms with E-state index in [1.807, 2.05) is 0 Å². The van der Waals surface area contributed by atoms with Crippen LogP contribution in [0.3, 0.4) is 0 Å². The van der Waals surface area contributed by atoms with Gasteiger partial charge in [-0.15, -0.1) is 0 Å². The van der Waals surface area contributed by atoms with Gasteiger partial charge in [-0.2, -0.15) is 0 Å². The van der Waals surface area contributed by atoms with Gasteiger partial charge in [-0.1, -0.05) is 90.9 Å². The van der Waals surface area contributed by atoms with E-state index in [0.717, 1.165) is 13.2 Å². The van der Waals surface area contributed by atoms with E-state index < -0.39 is 0 Å². The molecule has 0 radical (unpaired) electrons. The van der Waals surface area contributed by atoms with Gasteiger partial charge >= 0.3 is 0 Å². The third-order valence-electron chi connectivity index (χ3n) is 5.56. The molecule has 2 saturated heterocycles. The monoisotopic (exact) mass is 418 g/mol. The van der Waals surface area contributed by atoms with Crippen molar-refractivity contribution in [1.29, 1.82) is 0 Å². The van der Waals surface area contributed by atoms with Gasteiger partial charge in [-0.3, -0.25) is 0 Å². The Morgan fingerprint density at radius 3 is 1.41 bits per heavy atom. The molecule has 4 atom stereocenters. The maximum Gasteiger partial charge on any atom is 0.0950 e.